The van der Waals surface area contributed by atoms with Crippen molar-refractivity contribution in [3.63, 3.8) is 0 Å². The first-order chi connectivity index (χ1) is 32.7. The smallest absolute Gasteiger partial charge is 0.187 e. The van der Waals surface area contributed by atoms with Crippen LogP contribution in [0.25, 0.3) is 43.1 Å². The van der Waals surface area contributed by atoms with Crippen LogP contribution in [-0.2, 0) is 13.7 Å². The summed E-state index contributed by atoms with van der Waals surface area (Å²) in [5.41, 5.74) is 7.04. The van der Waals surface area contributed by atoms with Gasteiger partial charge < -0.3 is 18.6 Å². The molecule has 3 unspecified atom stereocenters. The van der Waals surface area contributed by atoms with Gasteiger partial charge in [-0.1, -0.05) is 146 Å². The molecule has 67 heavy (non-hydrogen) atoms. The molecule has 3 heterocycles. The summed E-state index contributed by atoms with van der Waals surface area (Å²) in [7, 11) is -12.1. The highest BCUT2D eigenvalue weighted by Gasteiger charge is 2.56. The number of anilines is 3. The van der Waals surface area contributed by atoms with Crippen molar-refractivity contribution in [3.8, 4) is 39.4 Å². The minimum Gasteiger partial charge on any atom is -0.308 e. The molecular weight excluding hydrogens is 882 g/mol. The van der Waals surface area contributed by atoms with Crippen molar-refractivity contribution in [2.45, 2.75) is 0 Å². The molecule has 12 rings (SSSR count). The Hall–Kier alpha value is -8.06. The van der Waals surface area contributed by atoms with Crippen LogP contribution >= 0.6 is 21.4 Å². The van der Waals surface area contributed by atoms with Crippen molar-refractivity contribution < 1.29 is 13.7 Å². The maximum Gasteiger partial charge on any atom is 0.187 e. The largest absolute Gasteiger partial charge is 0.308 e. The minimum absolute atomic E-state index is 0.428. The Morgan fingerprint density at radius 2 is 0.746 bits per heavy atom. The molecule has 3 atom stereocenters. The van der Waals surface area contributed by atoms with Crippen molar-refractivity contribution >= 4 is 97.6 Å². The molecule has 0 spiro atoms. The van der Waals surface area contributed by atoms with E-state index in [1.807, 2.05) is 164 Å². The van der Waals surface area contributed by atoms with E-state index in [-0.39, 0.29) is 0 Å². The first-order valence-electron chi connectivity index (χ1n) is 21.5. The van der Waals surface area contributed by atoms with Crippen LogP contribution in [0.2, 0.25) is 0 Å². The van der Waals surface area contributed by atoms with Gasteiger partial charge in [0.05, 0.1) is 41.8 Å². The van der Waals surface area contributed by atoms with Gasteiger partial charge >= 0.3 is 0 Å². The molecule has 9 aromatic carbocycles. The second-order valence-electron chi connectivity index (χ2n) is 16.8. The maximum atomic E-state index is 17.5. The Morgan fingerprint density at radius 3 is 1.13 bits per heavy atom. The molecule has 7 nitrogen and oxygen atoms in total. The first kappa shape index (κ1) is 40.4. The van der Waals surface area contributed by atoms with Gasteiger partial charge in [0.25, 0.3) is 0 Å². The summed E-state index contributed by atoms with van der Waals surface area (Å²) in [5.74, 6) is 0. The van der Waals surface area contributed by atoms with Gasteiger partial charge in [-0.05, 0) is 88.0 Å². The van der Waals surface area contributed by atoms with Crippen LogP contribution in [0.4, 0.5) is 28.4 Å². The number of rotatable bonds is 6. The topological polar surface area (TPSA) is 87.0 Å². The molecule has 0 bridgehead atoms. The monoisotopic (exact) mass is 914 g/mol. The molecule has 0 radical (unpaired) electrons. The van der Waals surface area contributed by atoms with Crippen LogP contribution in [0.15, 0.2) is 200 Å². The molecule has 10 heteroatoms. The highest BCUT2D eigenvalue weighted by Crippen LogP contribution is 2.66. The normalized spacial score (nSPS) is 19.0. The third-order valence-corrected chi connectivity index (χ3v) is 22.4. The SMILES string of the molecule is [C-]#[N+]c1ccc(-c2cc3c4c(c2)P(=O)(c2ccccc2)c2cc(-c5cccc([N+]#[C-])c5)cc5c2N4c2c(cc(-c4cccc(C#N)c4)cc2P5(=O)c2ccccc2)P3(=O)c2ccccc2)cc1. The van der Waals surface area contributed by atoms with E-state index in [0.29, 0.717) is 110 Å². The number of hydrogen-bond acceptors (Lipinski definition) is 5. The van der Waals surface area contributed by atoms with E-state index in [2.05, 4.69) is 20.7 Å². The van der Waals surface area contributed by atoms with Gasteiger partial charge in [0.1, 0.15) is 0 Å². The predicted molar refractivity (Wildman–Crippen MR) is 274 cm³/mol. The van der Waals surface area contributed by atoms with Gasteiger partial charge in [0.2, 0.25) is 0 Å². The zero-order valence-electron chi connectivity index (χ0n) is 35.4. The van der Waals surface area contributed by atoms with Gasteiger partial charge in [0.15, 0.2) is 32.8 Å². The molecule has 0 aromatic heterocycles. The highest BCUT2D eigenvalue weighted by molar-refractivity contribution is 7.90. The van der Waals surface area contributed by atoms with E-state index in [1.165, 1.54) is 0 Å². The molecule has 314 valence electrons. The maximum absolute atomic E-state index is 17.5. The molecule has 9 aromatic rings. The van der Waals surface area contributed by atoms with E-state index in [0.717, 1.165) is 5.56 Å². The first-order valence-corrected chi connectivity index (χ1v) is 26.6. The van der Waals surface area contributed by atoms with E-state index < -0.39 is 21.4 Å². The van der Waals surface area contributed by atoms with Gasteiger partial charge in [-0.25, -0.2) is 9.69 Å². The van der Waals surface area contributed by atoms with E-state index in [4.69, 9.17) is 13.1 Å². The van der Waals surface area contributed by atoms with Crippen LogP contribution in [0.3, 0.4) is 0 Å². The summed E-state index contributed by atoms with van der Waals surface area (Å²) in [6.07, 6.45) is 0. The lowest BCUT2D eigenvalue weighted by atomic mass is 10.0. The third kappa shape index (κ3) is 5.73. The molecular formula is C57H33N4O3P3. The summed E-state index contributed by atoms with van der Waals surface area (Å²) in [6.45, 7) is 15.6. The lowest BCUT2D eigenvalue weighted by molar-refractivity contribution is 0.592. The van der Waals surface area contributed by atoms with Crippen molar-refractivity contribution in [1.82, 2.24) is 0 Å². The van der Waals surface area contributed by atoms with E-state index in [9.17, 15) is 5.26 Å². The van der Waals surface area contributed by atoms with Gasteiger partial charge in [0, 0.05) is 47.7 Å². The zero-order valence-corrected chi connectivity index (χ0v) is 38.1. The molecule has 3 aliphatic rings. The lowest BCUT2D eigenvalue weighted by Crippen LogP contribution is -2.53. The summed E-state index contributed by atoms with van der Waals surface area (Å²) >= 11 is 0. The average Bonchev–Trinajstić information content (AvgIpc) is 3.40. The molecule has 0 saturated heterocycles. The van der Waals surface area contributed by atoms with Crippen LogP contribution < -0.4 is 52.6 Å². The highest BCUT2D eigenvalue weighted by atomic mass is 31.2. The van der Waals surface area contributed by atoms with Crippen LogP contribution in [0, 0.1) is 24.5 Å². The van der Waals surface area contributed by atoms with Gasteiger partial charge in [-0.15, -0.1) is 0 Å². The Morgan fingerprint density at radius 1 is 0.373 bits per heavy atom. The van der Waals surface area contributed by atoms with Crippen molar-refractivity contribution in [2.75, 3.05) is 4.90 Å². The lowest BCUT2D eigenvalue weighted by Gasteiger charge is -2.49. The Balaban J connectivity index is 1.33. The number of nitriles is 1. The molecule has 0 amide bonds. The molecule has 0 saturated carbocycles. The Labute approximate surface area is 387 Å². The van der Waals surface area contributed by atoms with Crippen molar-refractivity contribution in [1.29, 1.82) is 5.26 Å². The second-order valence-corrected chi connectivity index (χ2v) is 24.9. The zero-order chi connectivity index (χ0) is 45.7. The second kappa shape index (κ2) is 15.0. The van der Waals surface area contributed by atoms with Gasteiger partial charge in [-0.2, -0.15) is 5.26 Å². The van der Waals surface area contributed by atoms with Gasteiger partial charge in [-0.3, -0.25) is 0 Å². The van der Waals surface area contributed by atoms with Crippen molar-refractivity contribution in [3.05, 3.63) is 229 Å². The van der Waals surface area contributed by atoms with Crippen LogP contribution in [-0.4, -0.2) is 0 Å². The number of hydrogen-bond donors (Lipinski definition) is 0. The molecule has 3 aliphatic heterocycles. The number of nitrogens with zero attached hydrogens (tertiary/aromatic N) is 4. The minimum atomic E-state index is -4.03. The molecule has 0 N–H and O–H groups in total. The van der Waals surface area contributed by atoms with E-state index in [1.54, 1.807) is 36.4 Å². The summed E-state index contributed by atoms with van der Waals surface area (Å²) in [6, 6.07) is 63.8. The fourth-order valence-corrected chi connectivity index (χ4v) is 19.7. The fourth-order valence-electron chi connectivity index (χ4n) is 10.2. The Kier molecular flexibility index (Phi) is 9.05. The summed E-state index contributed by atoms with van der Waals surface area (Å²) < 4.78 is 52.4. The number of benzene rings is 9. The molecule has 0 fully saturated rings. The standard InChI is InChI=1S/C57H33N4O3P3/c1-59-44-26-24-38(25-27-44)41-30-49-55-50(31-41)66(63,47-20-8-4-9-21-47)53-34-43(40-16-13-17-45(29-40)60-2)35-54-57(53)61(55)56-51(65(49,62)46-18-6-3-7-19-46)32-42(39-15-12-14-37(28-39)36-58)33-52(56)67(54,64)48-22-10-5-11-23-48/h3-35H. The third-order valence-electron chi connectivity index (χ3n) is 13.2. The average molecular weight is 915 g/mol. The summed E-state index contributed by atoms with van der Waals surface area (Å²) in [5, 5.41) is 14.6. The van der Waals surface area contributed by atoms with E-state index >= 15 is 13.7 Å². The van der Waals surface area contributed by atoms with Crippen LogP contribution in [0.5, 0.6) is 0 Å². The summed E-state index contributed by atoms with van der Waals surface area (Å²) in [4.78, 5) is 9.48. The quantitative estimate of drug-likeness (QED) is 0.122. The van der Waals surface area contributed by atoms with Crippen LogP contribution in [0.1, 0.15) is 5.56 Å². The molecule has 0 aliphatic carbocycles. The Bertz CT molecular complexity index is 3690. The van der Waals surface area contributed by atoms with Crippen molar-refractivity contribution in [2.24, 2.45) is 0 Å². The fraction of sp³-hybridized carbons (Fsp3) is 0. The predicted octanol–water partition coefficient (Wildman–Crippen LogP) is 11.0.